The molecule has 0 bridgehead atoms. The predicted octanol–water partition coefficient (Wildman–Crippen LogP) is 4.18. The minimum Gasteiger partial charge on any atom is -0.375 e. The van der Waals surface area contributed by atoms with Gasteiger partial charge in [-0.1, -0.05) is 13.3 Å². The zero-order valence-corrected chi connectivity index (χ0v) is 14.7. The van der Waals surface area contributed by atoms with Crippen LogP contribution in [0.4, 0.5) is 5.69 Å². The zero-order valence-electron chi connectivity index (χ0n) is 13.9. The average molecular weight is 328 g/mol. The SMILES string of the molecule is CCCCN(C)c1ccc(C(=O)N2CCc3sccc3C2)cc1. The first-order chi connectivity index (χ1) is 11.2. The molecule has 0 radical (unpaired) electrons. The Morgan fingerprint density at radius 3 is 2.78 bits per heavy atom. The maximum atomic E-state index is 12.7. The topological polar surface area (TPSA) is 23.6 Å². The largest absolute Gasteiger partial charge is 0.375 e. The summed E-state index contributed by atoms with van der Waals surface area (Å²) in [5.74, 6) is 0.143. The highest BCUT2D eigenvalue weighted by atomic mass is 32.1. The van der Waals surface area contributed by atoms with Gasteiger partial charge in [-0.25, -0.2) is 0 Å². The van der Waals surface area contributed by atoms with Crippen LogP contribution in [-0.2, 0) is 13.0 Å². The van der Waals surface area contributed by atoms with E-state index >= 15 is 0 Å². The summed E-state index contributed by atoms with van der Waals surface area (Å²) in [7, 11) is 2.11. The standard InChI is InChI=1S/C19H24N2OS/c1-3-4-11-20(2)17-7-5-15(6-8-17)19(22)21-12-9-18-16(14-21)10-13-23-18/h5-8,10,13H,3-4,9,11-12,14H2,1-2H3. The number of thiophene rings is 1. The normalized spacial score (nSPS) is 13.7. The number of anilines is 1. The summed E-state index contributed by atoms with van der Waals surface area (Å²) >= 11 is 1.80. The molecule has 0 unspecified atom stereocenters. The number of hydrogen-bond acceptors (Lipinski definition) is 3. The van der Waals surface area contributed by atoms with Crippen molar-refractivity contribution in [2.24, 2.45) is 0 Å². The summed E-state index contributed by atoms with van der Waals surface area (Å²) in [6.07, 6.45) is 3.37. The van der Waals surface area contributed by atoms with Gasteiger partial charge in [0.2, 0.25) is 0 Å². The Labute approximate surface area is 142 Å². The van der Waals surface area contributed by atoms with Crippen LogP contribution < -0.4 is 4.90 Å². The van der Waals surface area contributed by atoms with Gasteiger partial charge in [0.1, 0.15) is 0 Å². The van der Waals surface area contributed by atoms with E-state index in [1.54, 1.807) is 11.3 Å². The number of hydrogen-bond donors (Lipinski definition) is 0. The average Bonchev–Trinajstić information content (AvgIpc) is 3.06. The minimum atomic E-state index is 0.143. The van der Waals surface area contributed by atoms with Gasteiger partial charge in [0.25, 0.3) is 5.91 Å². The van der Waals surface area contributed by atoms with E-state index < -0.39 is 0 Å². The fraction of sp³-hybridized carbons (Fsp3) is 0.421. The third-order valence-corrected chi connectivity index (χ3v) is 5.52. The molecule has 0 saturated carbocycles. The maximum absolute atomic E-state index is 12.7. The molecule has 3 nitrogen and oxygen atoms in total. The molecule has 2 heterocycles. The number of fused-ring (bicyclic) bond motifs is 1. The predicted molar refractivity (Wildman–Crippen MR) is 97.4 cm³/mol. The van der Waals surface area contributed by atoms with Crippen LogP contribution in [0, 0.1) is 0 Å². The van der Waals surface area contributed by atoms with E-state index in [0.717, 1.165) is 31.6 Å². The molecule has 2 aromatic rings. The number of amides is 1. The number of rotatable bonds is 5. The Hall–Kier alpha value is -1.81. The van der Waals surface area contributed by atoms with Gasteiger partial charge in [0.15, 0.2) is 0 Å². The van der Waals surface area contributed by atoms with Gasteiger partial charge in [0, 0.05) is 42.8 Å². The number of nitrogens with zero attached hydrogens (tertiary/aromatic N) is 2. The maximum Gasteiger partial charge on any atom is 0.254 e. The molecule has 0 atom stereocenters. The second-order valence-corrected chi connectivity index (χ2v) is 7.17. The summed E-state index contributed by atoms with van der Waals surface area (Å²) in [6, 6.07) is 10.2. The van der Waals surface area contributed by atoms with Crippen LogP contribution in [0.3, 0.4) is 0 Å². The fourth-order valence-electron chi connectivity index (χ4n) is 2.99. The molecule has 122 valence electrons. The summed E-state index contributed by atoms with van der Waals surface area (Å²) in [6.45, 7) is 4.82. The first-order valence-electron chi connectivity index (χ1n) is 8.34. The van der Waals surface area contributed by atoms with Crippen LogP contribution in [0.25, 0.3) is 0 Å². The van der Waals surface area contributed by atoms with Crippen LogP contribution in [0.5, 0.6) is 0 Å². The van der Waals surface area contributed by atoms with Crippen LogP contribution in [0.1, 0.15) is 40.6 Å². The summed E-state index contributed by atoms with van der Waals surface area (Å²) in [5, 5.41) is 2.12. The third-order valence-electron chi connectivity index (χ3n) is 4.50. The Morgan fingerprint density at radius 1 is 1.26 bits per heavy atom. The first-order valence-corrected chi connectivity index (χ1v) is 9.22. The second-order valence-electron chi connectivity index (χ2n) is 6.17. The molecule has 3 rings (SSSR count). The lowest BCUT2D eigenvalue weighted by molar-refractivity contribution is 0.0736. The first kappa shape index (κ1) is 16.1. The van der Waals surface area contributed by atoms with E-state index in [0.29, 0.717) is 0 Å². The van der Waals surface area contributed by atoms with E-state index in [9.17, 15) is 4.79 Å². The number of carbonyl (C=O) groups excluding carboxylic acids is 1. The molecule has 1 aromatic heterocycles. The molecular weight excluding hydrogens is 304 g/mol. The molecule has 1 amide bonds. The highest BCUT2D eigenvalue weighted by Gasteiger charge is 2.22. The minimum absolute atomic E-state index is 0.143. The van der Waals surface area contributed by atoms with E-state index in [4.69, 9.17) is 0 Å². The molecule has 4 heteroatoms. The van der Waals surface area contributed by atoms with Gasteiger partial charge in [-0.15, -0.1) is 11.3 Å². The highest BCUT2D eigenvalue weighted by molar-refractivity contribution is 7.10. The molecule has 0 aliphatic carbocycles. The molecular formula is C19H24N2OS. The van der Waals surface area contributed by atoms with E-state index in [1.807, 2.05) is 17.0 Å². The Bertz CT molecular complexity index is 662. The molecule has 0 saturated heterocycles. The van der Waals surface area contributed by atoms with Crippen molar-refractivity contribution in [1.29, 1.82) is 0 Å². The Balaban J connectivity index is 1.66. The van der Waals surface area contributed by atoms with Crippen LogP contribution in [0.2, 0.25) is 0 Å². The molecule has 0 N–H and O–H groups in total. The van der Waals surface area contributed by atoms with Crippen molar-refractivity contribution >= 4 is 22.9 Å². The quantitative estimate of drug-likeness (QED) is 0.822. The zero-order chi connectivity index (χ0) is 16.2. The summed E-state index contributed by atoms with van der Waals surface area (Å²) in [5.41, 5.74) is 3.27. The van der Waals surface area contributed by atoms with Gasteiger partial charge < -0.3 is 9.80 Å². The van der Waals surface area contributed by atoms with Gasteiger partial charge >= 0.3 is 0 Å². The van der Waals surface area contributed by atoms with Crippen LogP contribution >= 0.6 is 11.3 Å². The molecule has 0 fully saturated rings. The lowest BCUT2D eigenvalue weighted by Gasteiger charge is -2.27. The van der Waals surface area contributed by atoms with Gasteiger partial charge in [-0.3, -0.25) is 4.79 Å². The molecule has 1 aliphatic heterocycles. The Morgan fingerprint density at radius 2 is 2.04 bits per heavy atom. The monoisotopic (exact) mass is 328 g/mol. The van der Waals surface area contributed by atoms with Crippen molar-refractivity contribution < 1.29 is 4.79 Å². The lowest BCUT2D eigenvalue weighted by Crippen LogP contribution is -2.35. The van der Waals surface area contributed by atoms with Crippen molar-refractivity contribution in [3.05, 3.63) is 51.7 Å². The van der Waals surface area contributed by atoms with Crippen molar-refractivity contribution in [2.75, 3.05) is 25.0 Å². The lowest BCUT2D eigenvalue weighted by atomic mass is 10.1. The highest BCUT2D eigenvalue weighted by Crippen LogP contribution is 2.25. The van der Waals surface area contributed by atoms with Crippen molar-refractivity contribution in [2.45, 2.75) is 32.7 Å². The van der Waals surface area contributed by atoms with Gasteiger partial charge in [0.05, 0.1) is 0 Å². The van der Waals surface area contributed by atoms with Gasteiger partial charge in [-0.2, -0.15) is 0 Å². The van der Waals surface area contributed by atoms with E-state index in [1.165, 1.54) is 29.0 Å². The molecule has 1 aliphatic rings. The number of carbonyl (C=O) groups is 1. The summed E-state index contributed by atoms with van der Waals surface area (Å²) < 4.78 is 0. The van der Waals surface area contributed by atoms with E-state index in [2.05, 4.69) is 42.5 Å². The van der Waals surface area contributed by atoms with E-state index in [-0.39, 0.29) is 5.91 Å². The molecule has 23 heavy (non-hydrogen) atoms. The van der Waals surface area contributed by atoms with Crippen LogP contribution in [0.15, 0.2) is 35.7 Å². The van der Waals surface area contributed by atoms with Crippen molar-refractivity contribution in [3.63, 3.8) is 0 Å². The summed E-state index contributed by atoms with van der Waals surface area (Å²) in [4.78, 5) is 18.3. The second kappa shape index (κ2) is 7.18. The van der Waals surface area contributed by atoms with Gasteiger partial charge in [-0.05, 0) is 54.1 Å². The smallest absolute Gasteiger partial charge is 0.254 e. The van der Waals surface area contributed by atoms with Crippen molar-refractivity contribution in [3.8, 4) is 0 Å². The fourth-order valence-corrected chi connectivity index (χ4v) is 3.88. The molecule has 0 spiro atoms. The third kappa shape index (κ3) is 3.58. The Kier molecular flexibility index (Phi) is 5.01. The number of benzene rings is 1. The van der Waals surface area contributed by atoms with Crippen LogP contribution in [-0.4, -0.2) is 30.9 Å². The molecule has 1 aromatic carbocycles. The number of unbranched alkanes of at least 4 members (excludes halogenated alkanes) is 1. The van der Waals surface area contributed by atoms with Crippen molar-refractivity contribution in [1.82, 2.24) is 4.90 Å².